The fraction of sp³-hybridized carbons (Fsp3) is 0.565. The molecule has 0 rings (SSSR count). The molecule has 0 aromatic heterocycles. The van der Waals surface area contributed by atoms with Crippen molar-refractivity contribution < 1.29 is 10.2 Å². The van der Waals surface area contributed by atoms with Gasteiger partial charge in [-0.25, -0.2) is 0 Å². The minimum atomic E-state index is 0.298. The Hall–Kier alpha value is -1.70. The number of aliphatic hydroxyl groups is 2. The van der Waals surface area contributed by atoms with Crippen LogP contribution in [0, 0.1) is 11.3 Å². The summed E-state index contributed by atoms with van der Waals surface area (Å²) in [6.07, 6.45) is 14.8. The first-order valence-corrected chi connectivity index (χ1v) is 9.27. The van der Waals surface area contributed by atoms with Crippen molar-refractivity contribution in [1.29, 1.82) is 0 Å². The number of rotatable bonds is 11. The van der Waals surface area contributed by atoms with Crippen molar-refractivity contribution in [2.45, 2.75) is 73.6 Å². The van der Waals surface area contributed by atoms with Crippen molar-refractivity contribution in [1.82, 2.24) is 0 Å². The van der Waals surface area contributed by atoms with Gasteiger partial charge >= 0.3 is 0 Å². The van der Waals surface area contributed by atoms with E-state index in [4.69, 9.17) is 0 Å². The summed E-state index contributed by atoms with van der Waals surface area (Å²) >= 11 is 0. The maximum atomic E-state index is 9.26. The van der Waals surface area contributed by atoms with Crippen LogP contribution >= 0.6 is 0 Å². The van der Waals surface area contributed by atoms with E-state index >= 15 is 0 Å². The average molecular weight is 347 g/mol. The molecule has 2 nitrogen and oxygen atoms in total. The average Bonchev–Trinajstić information content (AvgIpc) is 2.50. The van der Waals surface area contributed by atoms with Gasteiger partial charge < -0.3 is 10.2 Å². The Morgan fingerprint density at radius 3 is 2.04 bits per heavy atom. The molecule has 0 aromatic rings. The zero-order valence-corrected chi connectivity index (χ0v) is 17.1. The minimum absolute atomic E-state index is 0.298. The SMILES string of the molecule is C=C/C(=C\C=C(/C)O)CCC(C)CC(C)(C)CC/C(C)=C/C=C(\C)O. The first kappa shape index (κ1) is 23.3. The van der Waals surface area contributed by atoms with Crippen LogP contribution in [0.1, 0.15) is 73.6 Å². The molecule has 0 bridgehead atoms. The summed E-state index contributed by atoms with van der Waals surface area (Å²) in [4.78, 5) is 0. The third kappa shape index (κ3) is 13.3. The van der Waals surface area contributed by atoms with Crippen molar-refractivity contribution in [3.05, 3.63) is 59.6 Å². The van der Waals surface area contributed by atoms with E-state index < -0.39 is 0 Å². The molecule has 142 valence electrons. The molecular formula is C23H38O2. The molecule has 0 aliphatic carbocycles. The minimum Gasteiger partial charge on any atom is -0.513 e. The molecule has 2 N–H and O–H groups in total. The second kappa shape index (κ2) is 11.8. The molecule has 0 saturated heterocycles. The third-order valence-corrected chi connectivity index (χ3v) is 4.43. The van der Waals surface area contributed by atoms with Crippen LogP contribution in [-0.4, -0.2) is 10.2 Å². The summed E-state index contributed by atoms with van der Waals surface area (Å²) in [5.41, 5.74) is 2.77. The van der Waals surface area contributed by atoms with Gasteiger partial charge in [-0.05, 0) is 81.9 Å². The van der Waals surface area contributed by atoms with E-state index in [1.807, 2.05) is 18.2 Å². The first-order chi connectivity index (χ1) is 11.6. The van der Waals surface area contributed by atoms with Gasteiger partial charge in [0.15, 0.2) is 0 Å². The zero-order valence-electron chi connectivity index (χ0n) is 17.1. The van der Waals surface area contributed by atoms with E-state index in [0.29, 0.717) is 22.9 Å². The standard InChI is InChI=1S/C23H38O2/c1-8-22(14-12-21(5)25)13-10-19(3)17-23(6,7)16-15-18(2)9-11-20(4)24/h8-9,11-12,14,19,24-25H,1,10,13,15-17H2,2-7H3/b18-9+,20-11+,21-12+,22-14+. The Morgan fingerprint density at radius 2 is 1.52 bits per heavy atom. The van der Waals surface area contributed by atoms with Crippen molar-refractivity contribution >= 4 is 0 Å². The van der Waals surface area contributed by atoms with Crippen molar-refractivity contribution in [2.75, 3.05) is 0 Å². The van der Waals surface area contributed by atoms with Gasteiger partial charge in [-0.3, -0.25) is 0 Å². The largest absolute Gasteiger partial charge is 0.513 e. The molecule has 0 aromatic carbocycles. The second-order valence-corrected chi connectivity index (χ2v) is 8.09. The summed E-state index contributed by atoms with van der Waals surface area (Å²) in [5.74, 6) is 1.31. The smallest absolute Gasteiger partial charge is 0.0891 e. The Labute approximate surface area is 155 Å². The highest BCUT2D eigenvalue weighted by Gasteiger charge is 2.20. The van der Waals surface area contributed by atoms with Gasteiger partial charge in [0.25, 0.3) is 0 Å². The van der Waals surface area contributed by atoms with Crippen molar-refractivity contribution in [3.63, 3.8) is 0 Å². The Kier molecular flexibility index (Phi) is 11.0. The molecule has 0 aliphatic heterocycles. The lowest BCUT2D eigenvalue weighted by molar-refractivity contribution is 0.250. The normalized spacial score (nSPS) is 16.1. The van der Waals surface area contributed by atoms with Gasteiger partial charge in [-0.2, -0.15) is 0 Å². The molecule has 0 spiro atoms. The Morgan fingerprint density at radius 1 is 0.960 bits per heavy atom. The molecule has 1 unspecified atom stereocenters. The van der Waals surface area contributed by atoms with Gasteiger partial charge in [0, 0.05) is 0 Å². The maximum absolute atomic E-state index is 9.26. The second-order valence-electron chi connectivity index (χ2n) is 8.09. The first-order valence-electron chi connectivity index (χ1n) is 9.27. The number of hydrogen-bond acceptors (Lipinski definition) is 2. The molecule has 0 heterocycles. The summed E-state index contributed by atoms with van der Waals surface area (Å²) in [7, 11) is 0. The van der Waals surface area contributed by atoms with Crippen LogP contribution in [0.2, 0.25) is 0 Å². The van der Waals surface area contributed by atoms with Crippen molar-refractivity contribution in [2.24, 2.45) is 11.3 Å². The molecule has 1 atom stereocenters. The molecule has 0 aliphatic rings. The van der Waals surface area contributed by atoms with Gasteiger partial charge in [0.05, 0.1) is 11.5 Å². The predicted octanol–water partition coefficient (Wildman–Crippen LogP) is 7.58. The molecule has 0 fully saturated rings. The summed E-state index contributed by atoms with van der Waals surface area (Å²) in [5, 5.41) is 18.5. The van der Waals surface area contributed by atoms with Crippen molar-refractivity contribution in [3.8, 4) is 0 Å². The van der Waals surface area contributed by atoms with E-state index in [1.165, 1.54) is 17.6 Å². The fourth-order valence-electron chi connectivity index (χ4n) is 2.92. The lowest BCUT2D eigenvalue weighted by atomic mass is 9.77. The quantitative estimate of drug-likeness (QED) is 0.299. The predicted molar refractivity (Wildman–Crippen MR) is 111 cm³/mol. The van der Waals surface area contributed by atoms with Crippen LogP contribution in [0.4, 0.5) is 0 Å². The number of hydrogen-bond donors (Lipinski definition) is 2. The Balaban J connectivity index is 4.47. The van der Waals surface area contributed by atoms with Crippen LogP contribution in [0.5, 0.6) is 0 Å². The van der Waals surface area contributed by atoms with E-state index in [-0.39, 0.29) is 0 Å². The summed E-state index contributed by atoms with van der Waals surface area (Å²) in [6.45, 7) is 16.3. The third-order valence-electron chi connectivity index (χ3n) is 4.43. The highest BCUT2D eigenvalue weighted by atomic mass is 16.3. The zero-order chi connectivity index (χ0) is 19.5. The van der Waals surface area contributed by atoms with Crippen LogP contribution in [0.3, 0.4) is 0 Å². The summed E-state index contributed by atoms with van der Waals surface area (Å²) < 4.78 is 0. The molecule has 2 heteroatoms. The van der Waals surface area contributed by atoms with Crippen LogP contribution in [0.25, 0.3) is 0 Å². The van der Waals surface area contributed by atoms with E-state index in [2.05, 4.69) is 34.3 Å². The van der Waals surface area contributed by atoms with Crippen LogP contribution in [-0.2, 0) is 0 Å². The fourth-order valence-corrected chi connectivity index (χ4v) is 2.92. The molecular weight excluding hydrogens is 308 g/mol. The van der Waals surface area contributed by atoms with Gasteiger partial charge in [0.1, 0.15) is 0 Å². The maximum Gasteiger partial charge on any atom is 0.0891 e. The highest BCUT2D eigenvalue weighted by molar-refractivity contribution is 5.22. The highest BCUT2D eigenvalue weighted by Crippen LogP contribution is 2.34. The summed E-state index contributed by atoms with van der Waals surface area (Å²) in [6, 6.07) is 0. The van der Waals surface area contributed by atoms with Gasteiger partial charge in [0.2, 0.25) is 0 Å². The van der Waals surface area contributed by atoms with Gasteiger partial charge in [-0.15, -0.1) is 0 Å². The molecule has 0 radical (unpaired) electrons. The lowest BCUT2D eigenvalue weighted by Crippen LogP contribution is -2.16. The molecule has 0 saturated carbocycles. The van der Waals surface area contributed by atoms with E-state index in [1.54, 1.807) is 26.0 Å². The lowest BCUT2D eigenvalue weighted by Gasteiger charge is -2.28. The van der Waals surface area contributed by atoms with Crippen LogP contribution in [0.15, 0.2) is 59.6 Å². The Bertz CT molecular complexity index is 522. The van der Waals surface area contributed by atoms with E-state index in [9.17, 15) is 10.2 Å². The monoisotopic (exact) mass is 346 g/mol. The number of allylic oxidation sites excluding steroid dienone is 9. The molecule has 25 heavy (non-hydrogen) atoms. The topological polar surface area (TPSA) is 40.5 Å². The van der Waals surface area contributed by atoms with Crippen LogP contribution < -0.4 is 0 Å². The number of aliphatic hydroxyl groups excluding tert-OH is 2. The van der Waals surface area contributed by atoms with Gasteiger partial charge in [-0.1, -0.05) is 51.2 Å². The van der Waals surface area contributed by atoms with E-state index in [0.717, 1.165) is 25.7 Å². The molecule has 0 amide bonds.